The van der Waals surface area contributed by atoms with E-state index in [9.17, 15) is 4.79 Å². The highest BCUT2D eigenvalue weighted by Gasteiger charge is 2.06. The zero-order valence-corrected chi connectivity index (χ0v) is 14.6. The average Bonchev–Trinajstić information content (AvgIpc) is 2.63. The van der Waals surface area contributed by atoms with Gasteiger partial charge in [-0.2, -0.15) is 0 Å². The van der Waals surface area contributed by atoms with E-state index in [2.05, 4.69) is 10.3 Å². The largest absolute Gasteiger partial charge is 0.492 e. The number of carbonyl (C=O) groups is 1. The third kappa shape index (κ3) is 5.84. The van der Waals surface area contributed by atoms with E-state index in [0.29, 0.717) is 25.3 Å². The fourth-order valence-electron chi connectivity index (χ4n) is 2.28. The lowest BCUT2D eigenvalue weighted by molar-refractivity contribution is 0.100. The van der Waals surface area contributed by atoms with Gasteiger partial charge in [0.1, 0.15) is 12.4 Å². The second-order valence-corrected chi connectivity index (χ2v) is 5.55. The van der Waals surface area contributed by atoms with Crippen LogP contribution in [0.4, 0.5) is 0 Å². The van der Waals surface area contributed by atoms with Crippen molar-refractivity contribution in [2.75, 3.05) is 27.2 Å². The first-order valence-corrected chi connectivity index (χ1v) is 8.08. The molecule has 0 saturated heterocycles. The van der Waals surface area contributed by atoms with E-state index < -0.39 is 5.91 Å². The first kappa shape index (κ1) is 18.3. The summed E-state index contributed by atoms with van der Waals surface area (Å²) in [6.45, 7) is 1.87. The number of nitrogens with zero attached hydrogens (tertiary/aromatic N) is 2. The van der Waals surface area contributed by atoms with Crippen molar-refractivity contribution in [3.05, 3.63) is 65.7 Å². The predicted molar refractivity (Wildman–Crippen MR) is 99.7 cm³/mol. The Bertz CT molecular complexity index is 699. The van der Waals surface area contributed by atoms with Crippen molar-refractivity contribution in [2.24, 2.45) is 10.7 Å². The van der Waals surface area contributed by atoms with Crippen LogP contribution in [0.3, 0.4) is 0 Å². The molecule has 0 saturated carbocycles. The summed E-state index contributed by atoms with van der Waals surface area (Å²) in [5, 5.41) is 3.29. The molecule has 6 heteroatoms. The SMILES string of the molecule is CN=C(NCc1ccc(C(N)=O)cc1)N(C)CCOc1ccccc1. The lowest BCUT2D eigenvalue weighted by Gasteiger charge is -2.22. The van der Waals surface area contributed by atoms with Gasteiger partial charge in [-0.3, -0.25) is 9.79 Å². The number of benzene rings is 2. The third-order valence-corrected chi connectivity index (χ3v) is 3.70. The molecule has 3 N–H and O–H groups in total. The highest BCUT2D eigenvalue weighted by molar-refractivity contribution is 5.92. The molecule has 0 unspecified atom stereocenters. The van der Waals surface area contributed by atoms with Gasteiger partial charge in [0.25, 0.3) is 0 Å². The summed E-state index contributed by atoms with van der Waals surface area (Å²) < 4.78 is 5.70. The summed E-state index contributed by atoms with van der Waals surface area (Å²) in [7, 11) is 3.70. The summed E-state index contributed by atoms with van der Waals surface area (Å²) in [6.07, 6.45) is 0. The van der Waals surface area contributed by atoms with Crippen molar-refractivity contribution in [1.29, 1.82) is 0 Å². The van der Waals surface area contributed by atoms with Gasteiger partial charge in [0.15, 0.2) is 5.96 Å². The van der Waals surface area contributed by atoms with E-state index in [1.165, 1.54) is 0 Å². The van der Waals surface area contributed by atoms with Crippen molar-refractivity contribution in [1.82, 2.24) is 10.2 Å². The van der Waals surface area contributed by atoms with Crippen molar-refractivity contribution in [3.8, 4) is 5.75 Å². The molecule has 0 spiro atoms. The van der Waals surface area contributed by atoms with Crippen LogP contribution in [0.1, 0.15) is 15.9 Å². The number of para-hydroxylation sites is 1. The van der Waals surface area contributed by atoms with Crippen LogP contribution in [-0.2, 0) is 6.54 Å². The molecule has 0 aromatic heterocycles. The van der Waals surface area contributed by atoms with Crippen LogP contribution in [0.5, 0.6) is 5.75 Å². The number of ether oxygens (including phenoxy) is 1. The standard InChI is InChI=1S/C19H24N4O2/c1-21-19(22-14-15-8-10-16(11-9-15)18(20)24)23(2)12-13-25-17-6-4-3-5-7-17/h3-11H,12-14H2,1-2H3,(H2,20,24)(H,21,22). The number of primary amides is 1. The number of aliphatic imine (C=N–C) groups is 1. The van der Waals surface area contributed by atoms with Crippen LogP contribution in [0.25, 0.3) is 0 Å². The molecule has 0 aliphatic carbocycles. The number of carbonyl (C=O) groups excluding carboxylic acids is 1. The van der Waals surface area contributed by atoms with E-state index in [-0.39, 0.29) is 0 Å². The highest BCUT2D eigenvalue weighted by Crippen LogP contribution is 2.08. The van der Waals surface area contributed by atoms with Gasteiger partial charge >= 0.3 is 0 Å². The Hall–Kier alpha value is -3.02. The Balaban J connectivity index is 1.79. The van der Waals surface area contributed by atoms with Crippen LogP contribution in [-0.4, -0.2) is 44.0 Å². The van der Waals surface area contributed by atoms with Gasteiger partial charge in [-0.05, 0) is 29.8 Å². The predicted octanol–water partition coefficient (Wildman–Crippen LogP) is 1.87. The molecule has 0 bridgehead atoms. The zero-order chi connectivity index (χ0) is 18.1. The van der Waals surface area contributed by atoms with E-state index in [1.54, 1.807) is 19.2 Å². The lowest BCUT2D eigenvalue weighted by atomic mass is 10.1. The smallest absolute Gasteiger partial charge is 0.248 e. The van der Waals surface area contributed by atoms with E-state index >= 15 is 0 Å². The molecule has 2 aromatic carbocycles. The maximum absolute atomic E-state index is 11.1. The molecule has 0 fully saturated rings. The fourth-order valence-corrected chi connectivity index (χ4v) is 2.28. The number of nitrogens with one attached hydrogen (secondary N) is 1. The topological polar surface area (TPSA) is 79.9 Å². The molecular formula is C19H24N4O2. The number of amides is 1. The molecule has 6 nitrogen and oxygen atoms in total. The van der Waals surface area contributed by atoms with E-state index in [1.807, 2.05) is 54.4 Å². The molecule has 25 heavy (non-hydrogen) atoms. The molecule has 0 aliphatic rings. The molecule has 1 amide bonds. The van der Waals surface area contributed by atoms with Crippen molar-refractivity contribution in [2.45, 2.75) is 6.54 Å². The maximum Gasteiger partial charge on any atom is 0.248 e. The van der Waals surface area contributed by atoms with Gasteiger partial charge in [0.05, 0.1) is 6.54 Å². The minimum Gasteiger partial charge on any atom is -0.492 e. The first-order valence-electron chi connectivity index (χ1n) is 8.08. The van der Waals surface area contributed by atoms with E-state index in [4.69, 9.17) is 10.5 Å². The summed E-state index contributed by atoms with van der Waals surface area (Å²) in [4.78, 5) is 17.4. The van der Waals surface area contributed by atoms with Crippen molar-refractivity contribution >= 4 is 11.9 Å². The maximum atomic E-state index is 11.1. The monoisotopic (exact) mass is 340 g/mol. The Morgan fingerprint density at radius 2 is 1.84 bits per heavy atom. The average molecular weight is 340 g/mol. The molecule has 2 rings (SSSR count). The zero-order valence-electron chi connectivity index (χ0n) is 14.6. The normalized spacial score (nSPS) is 11.0. The number of hydrogen-bond donors (Lipinski definition) is 2. The van der Waals surface area contributed by atoms with Crippen molar-refractivity contribution in [3.63, 3.8) is 0 Å². The second kappa shape index (κ2) is 9.32. The van der Waals surface area contributed by atoms with Crippen LogP contribution in [0, 0.1) is 0 Å². The second-order valence-electron chi connectivity index (χ2n) is 5.55. The quantitative estimate of drug-likeness (QED) is 0.596. The Kier molecular flexibility index (Phi) is 6.83. The molecular weight excluding hydrogens is 316 g/mol. The molecule has 2 aromatic rings. The van der Waals surface area contributed by atoms with Gasteiger partial charge in [-0.1, -0.05) is 30.3 Å². The van der Waals surface area contributed by atoms with Gasteiger partial charge < -0.3 is 20.7 Å². The minimum absolute atomic E-state index is 0.423. The number of guanidine groups is 1. The number of hydrogen-bond acceptors (Lipinski definition) is 3. The third-order valence-electron chi connectivity index (χ3n) is 3.70. The van der Waals surface area contributed by atoms with E-state index in [0.717, 1.165) is 17.3 Å². The van der Waals surface area contributed by atoms with Crippen LogP contribution in [0.15, 0.2) is 59.6 Å². The summed E-state index contributed by atoms with van der Waals surface area (Å²) in [5.74, 6) is 1.21. The van der Waals surface area contributed by atoms with Crippen molar-refractivity contribution < 1.29 is 9.53 Å². The van der Waals surface area contributed by atoms with Crippen LogP contribution in [0.2, 0.25) is 0 Å². The molecule has 0 aliphatic heterocycles. The Morgan fingerprint density at radius 3 is 2.44 bits per heavy atom. The van der Waals surface area contributed by atoms with Crippen LogP contribution < -0.4 is 15.8 Å². The Labute approximate surface area is 148 Å². The van der Waals surface area contributed by atoms with Gasteiger partial charge in [-0.25, -0.2) is 0 Å². The lowest BCUT2D eigenvalue weighted by Crippen LogP contribution is -2.40. The van der Waals surface area contributed by atoms with Gasteiger partial charge in [0.2, 0.25) is 5.91 Å². The molecule has 0 heterocycles. The first-order chi connectivity index (χ1) is 12.1. The minimum atomic E-state index is -0.423. The van der Waals surface area contributed by atoms with Gasteiger partial charge in [0, 0.05) is 26.2 Å². The molecule has 0 atom stereocenters. The number of rotatable bonds is 7. The Morgan fingerprint density at radius 1 is 1.16 bits per heavy atom. The molecule has 132 valence electrons. The fraction of sp³-hybridized carbons (Fsp3) is 0.263. The number of likely N-dealkylation sites (N-methyl/N-ethyl adjacent to an activating group) is 1. The summed E-state index contributed by atoms with van der Waals surface area (Å²) >= 11 is 0. The van der Waals surface area contributed by atoms with Gasteiger partial charge in [-0.15, -0.1) is 0 Å². The summed E-state index contributed by atoms with van der Waals surface area (Å²) in [5.41, 5.74) is 6.79. The molecule has 0 radical (unpaired) electrons. The number of nitrogens with two attached hydrogens (primary N) is 1. The summed E-state index contributed by atoms with van der Waals surface area (Å²) in [6, 6.07) is 16.9. The highest BCUT2D eigenvalue weighted by atomic mass is 16.5. The van der Waals surface area contributed by atoms with Crippen LogP contribution >= 0.6 is 0 Å².